The first-order chi connectivity index (χ1) is 4.74. The van der Waals surface area contributed by atoms with E-state index in [2.05, 4.69) is 19.0 Å². The maximum atomic E-state index is 4.94. The first-order valence-electron chi connectivity index (χ1n) is 3.67. The lowest BCUT2D eigenvalue weighted by Gasteiger charge is -1.99. The van der Waals surface area contributed by atoms with Crippen LogP contribution in [0.1, 0.15) is 37.6 Å². The van der Waals surface area contributed by atoms with Crippen molar-refractivity contribution in [3.8, 4) is 0 Å². The Hall–Kier alpha value is -0.790. The molecule has 0 saturated carbocycles. The van der Waals surface area contributed by atoms with Crippen LogP contribution in [-0.4, -0.2) is 5.16 Å². The molecule has 0 fully saturated rings. The molecule has 10 heavy (non-hydrogen) atoms. The van der Waals surface area contributed by atoms with Gasteiger partial charge in [0.1, 0.15) is 5.76 Å². The summed E-state index contributed by atoms with van der Waals surface area (Å²) in [5, 5.41) is 3.91. The predicted octanol–water partition coefficient (Wildman–Crippen LogP) is 2.50. The molecule has 0 aliphatic carbocycles. The van der Waals surface area contributed by atoms with E-state index in [4.69, 9.17) is 4.52 Å². The molecule has 0 aromatic carbocycles. The van der Waals surface area contributed by atoms with Crippen LogP contribution in [0.25, 0.3) is 0 Å². The van der Waals surface area contributed by atoms with Crippen molar-refractivity contribution in [2.45, 2.75) is 33.1 Å². The standard InChI is InChI=1S/C8H13NO/c1-4-6(2)8-5-7(3)10-9-8/h5-6H,4H2,1-3H3. The molecular formula is C8H13NO. The van der Waals surface area contributed by atoms with Gasteiger partial charge in [-0.05, 0) is 13.3 Å². The molecular weight excluding hydrogens is 126 g/mol. The predicted molar refractivity (Wildman–Crippen MR) is 39.9 cm³/mol. The minimum Gasteiger partial charge on any atom is -0.361 e. The fraction of sp³-hybridized carbons (Fsp3) is 0.625. The van der Waals surface area contributed by atoms with E-state index in [0.717, 1.165) is 17.9 Å². The maximum absolute atomic E-state index is 4.94. The summed E-state index contributed by atoms with van der Waals surface area (Å²) in [5.74, 6) is 1.42. The largest absolute Gasteiger partial charge is 0.361 e. The average molecular weight is 139 g/mol. The van der Waals surface area contributed by atoms with Crippen molar-refractivity contribution in [3.63, 3.8) is 0 Å². The Morgan fingerprint density at radius 2 is 2.40 bits per heavy atom. The lowest BCUT2D eigenvalue weighted by molar-refractivity contribution is 0.386. The summed E-state index contributed by atoms with van der Waals surface area (Å²) in [6.45, 7) is 6.21. The van der Waals surface area contributed by atoms with Gasteiger partial charge in [0.25, 0.3) is 0 Å². The van der Waals surface area contributed by atoms with E-state index in [9.17, 15) is 0 Å². The van der Waals surface area contributed by atoms with Gasteiger partial charge in [0.2, 0.25) is 0 Å². The summed E-state index contributed by atoms with van der Waals surface area (Å²) in [7, 11) is 0. The molecule has 1 unspecified atom stereocenters. The zero-order chi connectivity index (χ0) is 7.56. The second-order valence-corrected chi connectivity index (χ2v) is 2.67. The van der Waals surface area contributed by atoms with Gasteiger partial charge in [-0.25, -0.2) is 0 Å². The van der Waals surface area contributed by atoms with Crippen LogP contribution in [0.3, 0.4) is 0 Å². The van der Waals surface area contributed by atoms with Crippen LogP contribution < -0.4 is 0 Å². The summed E-state index contributed by atoms with van der Waals surface area (Å²) >= 11 is 0. The highest BCUT2D eigenvalue weighted by Crippen LogP contribution is 2.17. The first kappa shape index (κ1) is 7.32. The second kappa shape index (κ2) is 2.86. The Morgan fingerprint density at radius 1 is 1.70 bits per heavy atom. The summed E-state index contributed by atoms with van der Waals surface area (Å²) < 4.78 is 4.94. The summed E-state index contributed by atoms with van der Waals surface area (Å²) in [6.07, 6.45) is 1.12. The van der Waals surface area contributed by atoms with Gasteiger partial charge in [-0.15, -0.1) is 0 Å². The van der Waals surface area contributed by atoms with Gasteiger partial charge < -0.3 is 4.52 Å². The molecule has 0 spiro atoms. The molecule has 0 N–H and O–H groups in total. The van der Waals surface area contributed by atoms with Gasteiger partial charge in [-0.2, -0.15) is 0 Å². The van der Waals surface area contributed by atoms with E-state index in [1.54, 1.807) is 0 Å². The second-order valence-electron chi connectivity index (χ2n) is 2.67. The van der Waals surface area contributed by atoms with Crippen LogP contribution in [0.15, 0.2) is 10.6 Å². The molecule has 0 amide bonds. The fourth-order valence-electron chi connectivity index (χ4n) is 0.827. The average Bonchev–Trinajstić information content (AvgIpc) is 2.34. The molecule has 0 aliphatic heterocycles. The molecule has 0 aliphatic rings. The summed E-state index contributed by atoms with van der Waals surface area (Å²) in [6, 6.07) is 1.99. The van der Waals surface area contributed by atoms with Crippen LogP contribution in [-0.2, 0) is 0 Å². The van der Waals surface area contributed by atoms with Gasteiger partial charge in [0.15, 0.2) is 0 Å². The number of rotatable bonds is 2. The van der Waals surface area contributed by atoms with Crippen molar-refractivity contribution >= 4 is 0 Å². The van der Waals surface area contributed by atoms with E-state index in [0.29, 0.717) is 5.92 Å². The van der Waals surface area contributed by atoms with E-state index >= 15 is 0 Å². The molecule has 1 heterocycles. The van der Waals surface area contributed by atoms with Crippen molar-refractivity contribution in [2.75, 3.05) is 0 Å². The number of nitrogens with zero attached hydrogens (tertiary/aromatic N) is 1. The van der Waals surface area contributed by atoms with Crippen molar-refractivity contribution in [3.05, 3.63) is 17.5 Å². The molecule has 0 bridgehead atoms. The Kier molecular flexibility index (Phi) is 2.10. The molecule has 1 aromatic heterocycles. The highest BCUT2D eigenvalue weighted by Gasteiger charge is 2.06. The fourth-order valence-corrected chi connectivity index (χ4v) is 0.827. The lowest BCUT2D eigenvalue weighted by Crippen LogP contribution is -1.89. The van der Waals surface area contributed by atoms with Gasteiger partial charge in [0.05, 0.1) is 5.69 Å². The van der Waals surface area contributed by atoms with Crippen molar-refractivity contribution in [1.29, 1.82) is 0 Å². The van der Waals surface area contributed by atoms with Crippen molar-refractivity contribution in [2.24, 2.45) is 0 Å². The third kappa shape index (κ3) is 1.38. The Labute approximate surface area is 61.2 Å². The molecule has 1 atom stereocenters. The molecule has 2 heteroatoms. The van der Waals surface area contributed by atoms with E-state index < -0.39 is 0 Å². The molecule has 56 valence electrons. The summed E-state index contributed by atoms with van der Waals surface area (Å²) in [5.41, 5.74) is 1.07. The van der Waals surface area contributed by atoms with Gasteiger partial charge in [-0.1, -0.05) is 19.0 Å². The monoisotopic (exact) mass is 139 g/mol. The van der Waals surface area contributed by atoms with E-state index in [1.165, 1.54) is 0 Å². The van der Waals surface area contributed by atoms with Crippen molar-refractivity contribution in [1.82, 2.24) is 5.16 Å². The van der Waals surface area contributed by atoms with Crippen LogP contribution in [0.5, 0.6) is 0 Å². The molecule has 1 rings (SSSR count). The topological polar surface area (TPSA) is 26.0 Å². The smallest absolute Gasteiger partial charge is 0.133 e. The van der Waals surface area contributed by atoms with E-state index in [1.807, 2.05) is 13.0 Å². The first-order valence-corrected chi connectivity index (χ1v) is 3.67. The van der Waals surface area contributed by atoms with Gasteiger partial charge in [0, 0.05) is 12.0 Å². The Bertz CT molecular complexity index is 205. The number of hydrogen-bond acceptors (Lipinski definition) is 2. The molecule has 0 saturated heterocycles. The zero-order valence-corrected chi connectivity index (χ0v) is 6.72. The van der Waals surface area contributed by atoms with Gasteiger partial charge in [-0.3, -0.25) is 0 Å². The summed E-state index contributed by atoms with van der Waals surface area (Å²) in [4.78, 5) is 0. The quantitative estimate of drug-likeness (QED) is 0.629. The molecule has 1 aromatic rings. The third-order valence-electron chi connectivity index (χ3n) is 1.76. The van der Waals surface area contributed by atoms with Crippen LogP contribution in [0.2, 0.25) is 0 Å². The maximum Gasteiger partial charge on any atom is 0.133 e. The third-order valence-corrected chi connectivity index (χ3v) is 1.76. The minimum absolute atomic E-state index is 0.525. The van der Waals surface area contributed by atoms with Crippen LogP contribution in [0, 0.1) is 6.92 Å². The Morgan fingerprint density at radius 3 is 2.80 bits per heavy atom. The van der Waals surface area contributed by atoms with Crippen LogP contribution in [0.4, 0.5) is 0 Å². The Balaban J connectivity index is 2.74. The normalized spacial score (nSPS) is 13.5. The molecule has 2 nitrogen and oxygen atoms in total. The minimum atomic E-state index is 0.525. The van der Waals surface area contributed by atoms with E-state index in [-0.39, 0.29) is 0 Å². The van der Waals surface area contributed by atoms with Crippen molar-refractivity contribution < 1.29 is 4.52 Å². The number of aryl methyl sites for hydroxylation is 1. The number of aromatic nitrogens is 1. The lowest BCUT2D eigenvalue weighted by atomic mass is 10.1. The van der Waals surface area contributed by atoms with Crippen LogP contribution >= 0.6 is 0 Å². The SMILES string of the molecule is CCC(C)c1cc(C)on1. The number of hydrogen-bond donors (Lipinski definition) is 0. The highest BCUT2D eigenvalue weighted by atomic mass is 16.5. The zero-order valence-electron chi connectivity index (χ0n) is 6.72. The highest BCUT2D eigenvalue weighted by molar-refractivity contribution is 5.07. The van der Waals surface area contributed by atoms with Gasteiger partial charge >= 0.3 is 0 Å². The molecule has 0 radical (unpaired) electrons.